The summed E-state index contributed by atoms with van der Waals surface area (Å²) in [5.41, 5.74) is 3.48. The minimum atomic E-state index is -0.629. The van der Waals surface area contributed by atoms with E-state index in [0.717, 1.165) is 49.7 Å². The molecule has 4 unspecified atom stereocenters. The molecule has 2 aromatic rings. The monoisotopic (exact) mass is 575 g/mol. The smallest absolute Gasteiger partial charge is 0.410 e. The molecule has 1 amide bonds. The second-order valence-electron chi connectivity index (χ2n) is 12.6. The highest BCUT2D eigenvalue weighted by atomic mass is 16.6. The molecule has 0 aromatic heterocycles. The van der Waals surface area contributed by atoms with Crippen molar-refractivity contribution in [3.05, 3.63) is 76.4 Å². The molecule has 1 N–H and O–H groups in total. The van der Waals surface area contributed by atoms with E-state index in [1.54, 1.807) is 14.2 Å². The number of carbonyl (C=O) groups is 2. The van der Waals surface area contributed by atoms with Crippen molar-refractivity contribution in [3.8, 4) is 5.75 Å². The van der Waals surface area contributed by atoms with Crippen LogP contribution in [-0.4, -0.2) is 67.5 Å². The van der Waals surface area contributed by atoms with Crippen LogP contribution >= 0.6 is 0 Å². The van der Waals surface area contributed by atoms with Crippen molar-refractivity contribution in [1.82, 2.24) is 4.90 Å². The predicted molar refractivity (Wildman–Crippen MR) is 162 cm³/mol. The molecule has 1 heterocycles. The summed E-state index contributed by atoms with van der Waals surface area (Å²) in [6.45, 7) is 6.16. The zero-order valence-electron chi connectivity index (χ0n) is 25.5. The third-order valence-electron chi connectivity index (χ3n) is 10.0. The van der Waals surface area contributed by atoms with Crippen LogP contribution in [0.2, 0.25) is 0 Å². The standard InChI is InChI=1S/C35H45NO6/c1-24-7-5-17-34(2)31(16-18-35(34)23-36(33(39)42-35)19-6-20-40-3)29-15-9-25(21-27(37)12-8-24)22-30(29)32(38)26-10-13-28(41-4)14-11-26/h7,9-11,13-15,22,27,31,37H,5-6,8,12,16-21,23H2,1-4H3. The Kier molecular flexibility index (Phi) is 9.09. The maximum Gasteiger partial charge on any atom is 0.410 e. The lowest BCUT2D eigenvalue weighted by atomic mass is 9.64. The van der Waals surface area contributed by atoms with Gasteiger partial charge in [0.2, 0.25) is 0 Å². The van der Waals surface area contributed by atoms with Gasteiger partial charge in [0, 0.05) is 36.8 Å². The van der Waals surface area contributed by atoms with E-state index in [2.05, 4.69) is 32.1 Å². The van der Waals surface area contributed by atoms with E-state index >= 15 is 0 Å². The second-order valence-corrected chi connectivity index (χ2v) is 12.6. The van der Waals surface area contributed by atoms with Gasteiger partial charge in [0.25, 0.3) is 0 Å². The van der Waals surface area contributed by atoms with Crippen molar-refractivity contribution in [2.45, 2.75) is 82.8 Å². The molecule has 7 nitrogen and oxygen atoms in total. The second kappa shape index (κ2) is 12.6. The minimum absolute atomic E-state index is 0.0250. The summed E-state index contributed by atoms with van der Waals surface area (Å²) in [5, 5.41) is 10.8. The first-order chi connectivity index (χ1) is 20.2. The molecule has 4 aliphatic rings. The molecule has 226 valence electrons. The molecular formula is C35H45NO6. The lowest BCUT2D eigenvalue weighted by molar-refractivity contribution is -0.0373. The Morgan fingerprint density at radius 2 is 1.90 bits per heavy atom. The number of hydrogen-bond acceptors (Lipinski definition) is 6. The first kappa shape index (κ1) is 30.3. The van der Waals surface area contributed by atoms with Crippen LogP contribution in [0.4, 0.5) is 4.79 Å². The fraction of sp³-hybridized carbons (Fsp3) is 0.543. The summed E-state index contributed by atoms with van der Waals surface area (Å²) in [5.74, 6) is 0.682. The van der Waals surface area contributed by atoms with Gasteiger partial charge in [0.15, 0.2) is 5.78 Å². The first-order valence-corrected chi connectivity index (χ1v) is 15.3. The van der Waals surface area contributed by atoms with Crippen LogP contribution in [0.1, 0.15) is 91.8 Å². The Labute approximate surface area is 249 Å². The number of ketones is 1. The fourth-order valence-corrected chi connectivity index (χ4v) is 7.45. The largest absolute Gasteiger partial charge is 0.497 e. The van der Waals surface area contributed by atoms with Crippen molar-refractivity contribution < 1.29 is 28.9 Å². The van der Waals surface area contributed by atoms with Gasteiger partial charge in [-0.05, 0) is 106 Å². The number of nitrogens with zero attached hydrogens (tertiary/aromatic N) is 1. The lowest BCUT2D eigenvalue weighted by Crippen LogP contribution is -2.48. The van der Waals surface area contributed by atoms with Crippen molar-refractivity contribution in [2.75, 3.05) is 33.9 Å². The molecule has 1 saturated carbocycles. The molecule has 4 atom stereocenters. The highest BCUT2D eigenvalue weighted by molar-refractivity contribution is 6.10. The van der Waals surface area contributed by atoms with Gasteiger partial charge in [0.1, 0.15) is 11.4 Å². The maximum absolute atomic E-state index is 14.2. The number of hydrogen-bond donors (Lipinski definition) is 1. The molecule has 2 bridgehead atoms. The SMILES string of the molecule is COCCCN1CC2(CCC3c4ccc(cc4C(=O)c4ccc(OC)cc4)CC(O)CCC(C)=CCCC32C)OC1=O. The Balaban J connectivity index is 1.58. The van der Waals surface area contributed by atoms with Gasteiger partial charge in [-0.25, -0.2) is 4.79 Å². The molecule has 0 radical (unpaired) electrons. The molecule has 2 aromatic carbocycles. The van der Waals surface area contributed by atoms with Gasteiger partial charge < -0.3 is 24.2 Å². The molecule has 3 aliphatic carbocycles. The van der Waals surface area contributed by atoms with Crippen molar-refractivity contribution >= 4 is 11.9 Å². The van der Waals surface area contributed by atoms with Crippen LogP contribution in [-0.2, 0) is 15.9 Å². The normalized spacial score (nSPS) is 27.9. The molecule has 2 fully saturated rings. The number of ether oxygens (including phenoxy) is 3. The zero-order chi connectivity index (χ0) is 29.9. The van der Waals surface area contributed by atoms with Crippen LogP contribution in [0.15, 0.2) is 54.1 Å². The minimum Gasteiger partial charge on any atom is -0.497 e. The maximum atomic E-state index is 14.2. The van der Waals surface area contributed by atoms with Crippen molar-refractivity contribution in [1.29, 1.82) is 0 Å². The molecule has 1 spiro atoms. The Hall–Kier alpha value is -3.16. The Morgan fingerprint density at radius 3 is 2.64 bits per heavy atom. The average Bonchev–Trinajstić information content (AvgIpc) is 3.46. The van der Waals surface area contributed by atoms with Gasteiger partial charge in [-0.15, -0.1) is 0 Å². The molecule has 42 heavy (non-hydrogen) atoms. The summed E-state index contributed by atoms with van der Waals surface area (Å²) in [7, 11) is 3.29. The van der Waals surface area contributed by atoms with Crippen LogP contribution in [0.3, 0.4) is 0 Å². The number of allylic oxidation sites excluding steroid dienone is 2. The highest BCUT2D eigenvalue weighted by Crippen LogP contribution is 2.61. The summed E-state index contributed by atoms with van der Waals surface area (Å²) >= 11 is 0. The van der Waals surface area contributed by atoms with Crippen LogP contribution in [0, 0.1) is 5.41 Å². The Morgan fingerprint density at radius 1 is 1.12 bits per heavy atom. The highest BCUT2D eigenvalue weighted by Gasteiger charge is 2.63. The quantitative estimate of drug-likeness (QED) is 0.232. The van der Waals surface area contributed by atoms with Gasteiger partial charge in [-0.1, -0.05) is 30.7 Å². The van der Waals surface area contributed by atoms with Gasteiger partial charge >= 0.3 is 6.09 Å². The van der Waals surface area contributed by atoms with Crippen LogP contribution < -0.4 is 4.74 Å². The fourth-order valence-electron chi connectivity index (χ4n) is 7.45. The van der Waals surface area contributed by atoms with Gasteiger partial charge in [0.05, 0.1) is 19.8 Å². The number of benzene rings is 2. The number of amides is 1. The number of aliphatic hydroxyl groups is 1. The van der Waals surface area contributed by atoms with Gasteiger partial charge in [-0.3, -0.25) is 4.79 Å². The number of rotatable bonds is 7. The van der Waals surface area contributed by atoms with E-state index in [-0.39, 0.29) is 23.2 Å². The summed E-state index contributed by atoms with van der Waals surface area (Å²) in [6, 6.07) is 13.4. The van der Waals surface area contributed by atoms with E-state index in [9.17, 15) is 14.7 Å². The summed E-state index contributed by atoms with van der Waals surface area (Å²) < 4.78 is 16.9. The average molecular weight is 576 g/mol. The number of aliphatic hydroxyl groups excluding tert-OH is 1. The van der Waals surface area contributed by atoms with Crippen molar-refractivity contribution in [2.24, 2.45) is 5.41 Å². The molecule has 1 aliphatic heterocycles. The van der Waals surface area contributed by atoms with Crippen molar-refractivity contribution in [3.63, 3.8) is 0 Å². The van der Waals surface area contributed by atoms with Crippen LogP contribution in [0.25, 0.3) is 0 Å². The third kappa shape index (κ3) is 5.86. The van der Waals surface area contributed by atoms with E-state index in [1.165, 1.54) is 5.57 Å². The van der Waals surface area contributed by atoms with Crippen LogP contribution in [0.5, 0.6) is 5.75 Å². The Bertz CT molecular complexity index is 1320. The molecule has 7 heteroatoms. The van der Waals surface area contributed by atoms with E-state index in [1.807, 2.05) is 35.2 Å². The zero-order valence-corrected chi connectivity index (χ0v) is 25.5. The molecule has 1 saturated heterocycles. The molecule has 6 rings (SSSR count). The number of carbonyl (C=O) groups excluding carboxylic acids is 2. The topological polar surface area (TPSA) is 85.3 Å². The van der Waals surface area contributed by atoms with E-state index in [0.29, 0.717) is 49.4 Å². The summed E-state index contributed by atoms with van der Waals surface area (Å²) in [4.78, 5) is 29.2. The predicted octanol–water partition coefficient (Wildman–Crippen LogP) is 6.46. The third-order valence-corrected chi connectivity index (χ3v) is 10.0. The molecular weight excluding hydrogens is 530 g/mol. The first-order valence-electron chi connectivity index (χ1n) is 15.3. The van der Waals surface area contributed by atoms with E-state index < -0.39 is 11.7 Å². The number of methoxy groups -OCH3 is 2. The summed E-state index contributed by atoms with van der Waals surface area (Å²) in [6.07, 6.45) is 7.55. The van der Waals surface area contributed by atoms with E-state index in [4.69, 9.17) is 14.2 Å². The lowest BCUT2D eigenvalue weighted by Gasteiger charge is -2.43. The number of fused-ring (bicyclic) bond motifs is 8. The van der Waals surface area contributed by atoms with Gasteiger partial charge in [-0.2, -0.15) is 0 Å².